The molecule has 0 aliphatic carbocycles. The molecule has 1 heterocycles. The molecule has 4 nitrogen and oxygen atoms in total. The van der Waals surface area contributed by atoms with E-state index < -0.39 is 6.10 Å². The van der Waals surface area contributed by atoms with E-state index in [2.05, 4.69) is 16.8 Å². The third-order valence-electron chi connectivity index (χ3n) is 4.10. The van der Waals surface area contributed by atoms with Crippen molar-refractivity contribution in [2.24, 2.45) is 5.92 Å². The standard InChI is InChI=1S/C17H23ClN2O2/c1-2-9-19-16(21)12-20-10-7-14(8-11-20)17(22)13-3-5-15(18)6-4-13/h2-6,14,17,22H,1,7-12H2,(H,19,21). The van der Waals surface area contributed by atoms with E-state index in [1.165, 1.54) is 0 Å². The molecule has 0 spiro atoms. The summed E-state index contributed by atoms with van der Waals surface area (Å²) >= 11 is 5.87. The third-order valence-corrected chi connectivity index (χ3v) is 4.35. The maximum Gasteiger partial charge on any atom is 0.234 e. The maximum atomic E-state index is 11.7. The summed E-state index contributed by atoms with van der Waals surface area (Å²) in [6.45, 7) is 6.16. The predicted octanol–water partition coefficient (Wildman–Crippen LogP) is 2.39. The molecule has 0 aromatic heterocycles. The fourth-order valence-electron chi connectivity index (χ4n) is 2.80. The molecular formula is C17H23ClN2O2. The van der Waals surface area contributed by atoms with Crippen LogP contribution < -0.4 is 5.32 Å². The summed E-state index contributed by atoms with van der Waals surface area (Å²) in [7, 11) is 0. The molecule has 120 valence electrons. The first-order chi connectivity index (χ1) is 10.6. The molecule has 1 atom stereocenters. The van der Waals surface area contributed by atoms with Crippen molar-refractivity contribution in [3.8, 4) is 0 Å². The Morgan fingerprint density at radius 3 is 2.64 bits per heavy atom. The largest absolute Gasteiger partial charge is 0.388 e. The third kappa shape index (κ3) is 4.83. The molecule has 1 aromatic carbocycles. The second kappa shape index (κ2) is 8.32. The van der Waals surface area contributed by atoms with Crippen LogP contribution in [0.15, 0.2) is 36.9 Å². The van der Waals surface area contributed by atoms with Crippen LogP contribution in [-0.4, -0.2) is 42.1 Å². The number of likely N-dealkylation sites (tertiary alicyclic amines) is 1. The van der Waals surface area contributed by atoms with E-state index in [1.807, 2.05) is 12.1 Å². The number of halogens is 1. The van der Waals surface area contributed by atoms with Crippen LogP contribution in [0.5, 0.6) is 0 Å². The Morgan fingerprint density at radius 2 is 2.05 bits per heavy atom. The number of carbonyl (C=O) groups is 1. The number of nitrogens with zero attached hydrogens (tertiary/aromatic N) is 1. The SMILES string of the molecule is C=CCNC(=O)CN1CCC(C(O)c2ccc(Cl)cc2)CC1. The first-order valence-corrected chi connectivity index (χ1v) is 8.01. The quantitative estimate of drug-likeness (QED) is 0.791. The zero-order valence-corrected chi connectivity index (χ0v) is 13.4. The molecule has 0 saturated carbocycles. The Hall–Kier alpha value is -1.36. The van der Waals surface area contributed by atoms with Gasteiger partial charge in [-0.25, -0.2) is 0 Å². The minimum atomic E-state index is -0.464. The molecule has 1 unspecified atom stereocenters. The molecule has 0 bridgehead atoms. The van der Waals surface area contributed by atoms with Gasteiger partial charge < -0.3 is 10.4 Å². The Labute approximate surface area is 136 Å². The van der Waals surface area contributed by atoms with E-state index in [9.17, 15) is 9.90 Å². The molecular weight excluding hydrogens is 300 g/mol. The van der Waals surface area contributed by atoms with Gasteiger partial charge >= 0.3 is 0 Å². The van der Waals surface area contributed by atoms with Crippen LogP contribution in [0.1, 0.15) is 24.5 Å². The van der Waals surface area contributed by atoms with Gasteiger partial charge in [0.25, 0.3) is 0 Å². The summed E-state index contributed by atoms with van der Waals surface area (Å²) in [5.74, 6) is 0.255. The topological polar surface area (TPSA) is 52.6 Å². The van der Waals surface area contributed by atoms with Crippen molar-refractivity contribution in [1.82, 2.24) is 10.2 Å². The lowest BCUT2D eigenvalue weighted by Crippen LogP contribution is -2.42. The molecule has 1 fully saturated rings. The molecule has 1 saturated heterocycles. The van der Waals surface area contributed by atoms with Crippen molar-refractivity contribution in [1.29, 1.82) is 0 Å². The number of piperidine rings is 1. The molecule has 2 rings (SSSR count). The first kappa shape index (κ1) is 17.0. The van der Waals surface area contributed by atoms with Crippen LogP contribution in [-0.2, 0) is 4.79 Å². The highest BCUT2D eigenvalue weighted by Gasteiger charge is 2.26. The average molecular weight is 323 g/mol. The second-order valence-electron chi connectivity index (χ2n) is 5.70. The lowest BCUT2D eigenvalue weighted by atomic mass is 9.87. The summed E-state index contributed by atoms with van der Waals surface area (Å²) in [6.07, 6.45) is 2.98. The minimum absolute atomic E-state index is 0.0246. The van der Waals surface area contributed by atoms with E-state index in [1.54, 1.807) is 18.2 Å². The highest BCUT2D eigenvalue weighted by Crippen LogP contribution is 2.31. The van der Waals surface area contributed by atoms with Crippen molar-refractivity contribution < 1.29 is 9.90 Å². The summed E-state index contributed by atoms with van der Waals surface area (Å²) in [4.78, 5) is 13.8. The molecule has 2 N–H and O–H groups in total. The zero-order chi connectivity index (χ0) is 15.9. The van der Waals surface area contributed by atoms with Gasteiger partial charge in [0, 0.05) is 11.6 Å². The number of rotatable bonds is 6. The number of aliphatic hydroxyl groups is 1. The maximum absolute atomic E-state index is 11.7. The van der Waals surface area contributed by atoms with E-state index in [-0.39, 0.29) is 11.8 Å². The summed E-state index contributed by atoms with van der Waals surface area (Å²) < 4.78 is 0. The Kier molecular flexibility index (Phi) is 6.43. The number of amides is 1. The number of benzene rings is 1. The lowest BCUT2D eigenvalue weighted by Gasteiger charge is -2.34. The van der Waals surface area contributed by atoms with Gasteiger partial charge in [0.2, 0.25) is 5.91 Å². The zero-order valence-electron chi connectivity index (χ0n) is 12.7. The van der Waals surface area contributed by atoms with Crippen LogP contribution in [0.3, 0.4) is 0 Å². The van der Waals surface area contributed by atoms with Gasteiger partial charge in [-0.1, -0.05) is 29.8 Å². The van der Waals surface area contributed by atoms with Gasteiger partial charge in [-0.05, 0) is 49.5 Å². The highest BCUT2D eigenvalue weighted by molar-refractivity contribution is 6.30. The van der Waals surface area contributed by atoms with Gasteiger partial charge in [-0.3, -0.25) is 9.69 Å². The minimum Gasteiger partial charge on any atom is -0.388 e. The van der Waals surface area contributed by atoms with E-state index in [4.69, 9.17) is 11.6 Å². The van der Waals surface area contributed by atoms with Crippen LogP contribution >= 0.6 is 11.6 Å². The van der Waals surface area contributed by atoms with Gasteiger partial charge in [0.1, 0.15) is 0 Å². The summed E-state index contributed by atoms with van der Waals surface area (Å²) in [5.41, 5.74) is 0.909. The number of hydrogen-bond acceptors (Lipinski definition) is 3. The fraction of sp³-hybridized carbons (Fsp3) is 0.471. The monoisotopic (exact) mass is 322 g/mol. The van der Waals surface area contributed by atoms with Crippen LogP contribution in [0.25, 0.3) is 0 Å². The Bertz CT molecular complexity index is 496. The number of nitrogens with one attached hydrogen (secondary N) is 1. The summed E-state index contributed by atoms with van der Waals surface area (Å²) in [5, 5.41) is 13.9. The lowest BCUT2D eigenvalue weighted by molar-refractivity contribution is -0.122. The summed E-state index contributed by atoms with van der Waals surface area (Å²) in [6, 6.07) is 7.36. The number of aliphatic hydroxyl groups excluding tert-OH is 1. The highest BCUT2D eigenvalue weighted by atomic mass is 35.5. The molecule has 1 aliphatic rings. The van der Waals surface area contributed by atoms with Gasteiger partial charge in [0.15, 0.2) is 0 Å². The van der Waals surface area contributed by atoms with E-state index in [0.29, 0.717) is 18.1 Å². The van der Waals surface area contributed by atoms with Gasteiger partial charge in [-0.15, -0.1) is 6.58 Å². The molecule has 22 heavy (non-hydrogen) atoms. The van der Waals surface area contributed by atoms with Crippen molar-refractivity contribution in [3.63, 3.8) is 0 Å². The van der Waals surface area contributed by atoms with E-state index in [0.717, 1.165) is 31.5 Å². The molecule has 0 radical (unpaired) electrons. The van der Waals surface area contributed by atoms with E-state index >= 15 is 0 Å². The van der Waals surface area contributed by atoms with Crippen molar-refractivity contribution in [2.75, 3.05) is 26.2 Å². The number of hydrogen-bond donors (Lipinski definition) is 2. The molecule has 1 aliphatic heterocycles. The Balaban J connectivity index is 1.80. The normalized spacial score (nSPS) is 17.9. The van der Waals surface area contributed by atoms with Crippen LogP contribution in [0.2, 0.25) is 5.02 Å². The Morgan fingerprint density at radius 1 is 1.41 bits per heavy atom. The fourth-order valence-corrected chi connectivity index (χ4v) is 2.93. The van der Waals surface area contributed by atoms with Crippen LogP contribution in [0, 0.1) is 5.92 Å². The molecule has 1 amide bonds. The van der Waals surface area contributed by atoms with Gasteiger partial charge in [0.05, 0.1) is 12.6 Å². The first-order valence-electron chi connectivity index (χ1n) is 7.63. The van der Waals surface area contributed by atoms with Crippen molar-refractivity contribution >= 4 is 17.5 Å². The average Bonchev–Trinajstić information content (AvgIpc) is 2.54. The van der Waals surface area contributed by atoms with Crippen LogP contribution in [0.4, 0.5) is 0 Å². The number of carbonyl (C=O) groups excluding carboxylic acids is 1. The van der Waals surface area contributed by atoms with Crippen molar-refractivity contribution in [2.45, 2.75) is 18.9 Å². The molecule has 1 aromatic rings. The predicted molar refractivity (Wildman–Crippen MR) is 88.8 cm³/mol. The second-order valence-corrected chi connectivity index (χ2v) is 6.14. The smallest absolute Gasteiger partial charge is 0.234 e. The van der Waals surface area contributed by atoms with Gasteiger partial charge in [-0.2, -0.15) is 0 Å². The molecule has 5 heteroatoms. The van der Waals surface area contributed by atoms with Crippen molar-refractivity contribution in [3.05, 3.63) is 47.5 Å².